The number of rotatable bonds is 0. The molecule has 0 aliphatic rings. The molecule has 86 valence electrons. The summed E-state index contributed by atoms with van der Waals surface area (Å²) in [6.07, 6.45) is -0.193. The molecule has 0 bridgehead atoms. The van der Waals surface area contributed by atoms with Crippen LogP contribution >= 0.6 is 0 Å². The zero-order chi connectivity index (χ0) is 12.2. The van der Waals surface area contributed by atoms with Crippen LogP contribution in [0.3, 0.4) is 0 Å². The van der Waals surface area contributed by atoms with Gasteiger partial charge in [0.25, 0.3) is 0 Å². The van der Waals surface area contributed by atoms with Crippen LogP contribution < -0.4 is 0 Å². The number of nitrogens with one attached hydrogen (secondary N) is 1. The van der Waals surface area contributed by atoms with Crippen LogP contribution in [0.25, 0.3) is 11.0 Å². The average Bonchev–Trinajstić information content (AvgIpc) is 2.64. The maximum Gasteiger partial charge on any atom is 0.490 e. The zero-order valence-corrected chi connectivity index (χ0v) is 7.56. The van der Waals surface area contributed by atoms with E-state index in [4.69, 9.17) is 9.90 Å². The number of aliphatic carboxylic acids is 1. The first-order chi connectivity index (χ1) is 7.41. The Morgan fingerprint density at radius 1 is 1.38 bits per heavy atom. The van der Waals surface area contributed by atoms with Crippen molar-refractivity contribution in [3.8, 4) is 0 Å². The minimum absolute atomic E-state index is 0.782. The van der Waals surface area contributed by atoms with Gasteiger partial charge in [0.05, 0.1) is 11.6 Å². The summed E-state index contributed by atoms with van der Waals surface area (Å²) in [5.74, 6) is -2.76. The van der Waals surface area contributed by atoms with Gasteiger partial charge in [-0.25, -0.2) is 14.8 Å². The van der Waals surface area contributed by atoms with E-state index in [1.807, 2.05) is 0 Å². The van der Waals surface area contributed by atoms with Crippen molar-refractivity contribution in [3.63, 3.8) is 0 Å². The summed E-state index contributed by atoms with van der Waals surface area (Å²) in [5.41, 5.74) is 0.782. The third-order valence-electron chi connectivity index (χ3n) is 1.36. The minimum atomic E-state index is -5.08. The smallest absolute Gasteiger partial charge is 0.475 e. The van der Waals surface area contributed by atoms with E-state index in [-0.39, 0.29) is 0 Å². The van der Waals surface area contributed by atoms with Crippen molar-refractivity contribution >= 4 is 17.0 Å². The lowest BCUT2D eigenvalue weighted by atomic mass is 10.5. The topological polar surface area (TPSA) is 91.8 Å². The maximum absolute atomic E-state index is 10.6. The van der Waals surface area contributed by atoms with Gasteiger partial charge in [-0.2, -0.15) is 18.3 Å². The molecule has 2 aromatic heterocycles. The van der Waals surface area contributed by atoms with Crippen LogP contribution in [0.1, 0.15) is 0 Å². The van der Waals surface area contributed by atoms with Gasteiger partial charge in [0.15, 0.2) is 5.65 Å². The number of fused-ring (bicyclic) bond motifs is 1. The van der Waals surface area contributed by atoms with Crippen LogP contribution in [0.5, 0.6) is 0 Å². The summed E-state index contributed by atoms with van der Waals surface area (Å²) in [6, 6.07) is 0. The second-order valence-corrected chi connectivity index (χ2v) is 2.50. The Labute approximate surface area is 86.1 Å². The molecule has 2 N–H and O–H groups in total. The maximum atomic E-state index is 10.6. The van der Waals surface area contributed by atoms with Crippen LogP contribution in [0.15, 0.2) is 18.7 Å². The molecular formula is C7H5F3N4O2. The summed E-state index contributed by atoms with van der Waals surface area (Å²) in [4.78, 5) is 16.6. The third-order valence-corrected chi connectivity index (χ3v) is 1.36. The minimum Gasteiger partial charge on any atom is -0.475 e. The fraction of sp³-hybridized carbons (Fsp3) is 0.143. The van der Waals surface area contributed by atoms with Gasteiger partial charge in [-0.05, 0) is 0 Å². The Balaban J connectivity index is 0.000000168. The zero-order valence-electron chi connectivity index (χ0n) is 7.56. The Bertz CT molecular complexity index is 451. The van der Waals surface area contributed by atoms with Gasteiger partial charge in [-0.15, -0.1) is 0 Å². The van der Waals surface area contributed by atoms with Crippen molar-refractivity contribution in [2.45, 2.75) is 6.18 Å². The van der Waals surface area contributed by atoms with Gasteiger partial charge in [-0.1, -0.05) is 0 Å². The molecule has 0 spiro atoms. The number of aromatic nitrogens is 4. The highest BCUT2D eigenvalue weighted by Gasteiger charge is 2.38. The van der Waals surface area contributed by atoms with Crippen molar-refractivity contribution in [3.05, 3.63) is 18.7 Å². The van der Waals surface area contributed by atoms with Gasteiger partial charge in [0, 0.05) is 6.20 Å². The molecule has 2 aromatic rings. The number of alkyl halides is 3. The third kappa shape index (κ3) is 3.19. The van der Waals surface area contributed by atoms with E-state index in [9.17, 15) is 13.2 Å². The molecule has 0 aromatic carbocycles. The Kier molecular flexibility index (Phi) is 3.38. The number of halogens is 3. The van der Waals surface area contributed by atoms with Crippen molar-refractivity contribution < 1.29 is 23.1 Å². The number of aromatic amines is 1. The molecule has 0 amide bonds. The van der Waals surface area contributed by atoms with Crippen molar-refractivity contribution in [2.75, 3.05) is 0 Å². The van der Waals surface area contributed by atoms with Gasteiger partial charge in [0.1, 0.15) is 6.33 Å². The second-order valence-electron chi connectivity index (χ2n) is 2.50. The summed E-state index contributed by atoms with van der Waals surface area (Å²) in [6.45, 7) is 0. The molecule has 0 saturated heterocycles. The lowest BCUT2D eigenvalue weighted by Crippen LogP contribution is -2.21. The first-order valence-electron chi connectivity index (χ1n) is 3.80. The number of carboxylic acid groups (broad SMARTS) is 1. The molecular weight excluding hydrogens is 229 g/mol. The van der Waals surface area contributed by atoms with Gasteiger partial charge in [0.2, 0.25) is 0 Å². The highest BCUT2D eigenvalue weighted by molar-refractivity contribution is 5.73. The lowest BCUT2D eigenvalue weighted by molar-refractivity contribution is -0.192. The number of hydrogen-bond donors (Lipinski definition) is 2. The second kappa shape index (κ2) is 4.55. The Morgan fingerprint density at radius 2 is 2.00 bits per heavy atom. The van der Waals surface area contributed by atoms with Crippen molar-refractivity contribution in [1.29, 1.82) is 0 Å². The fourth-order valence-electron chi connectivity index (χ4n) is 0.691. The molecule has 2 rings (SSSR count). The van der Waals surface area contributed by atoms with Crippen molar-refractivity contribution in [1.82, 2.24) is 20.2 Å². The summed E-state index contributed by atoms with van der Waals surface area (Å²) in [7, 11) is 0. The number of H-pyrrole nitrogens is 1. The predicted octanol–water partition coefficient (Wildman–Crippen LogP) is 0.986. The van der Waals surface area contributed by atoms with E-state index in [0.29, 0.717) is 0 Å². The normalized spacial score (nSPS) is 10.7. The lowest BCUT2D eigenvalue weighted by Gasteiger charge is -1.93. The van der Waals surface area contributed by atoms with Gasteiger partial charge >= 0.3 is 12.1 Å². The summed E-state index contributed by atoms with van der Waals surface area (Å²) >= 11 is 0. The van der Waals surface area contributed by atoms with E-state index >= 15 is 0 Å². The highest BCUT2D eigenvalue weighted by atomic mass is 19.4. The quantitative estimate of drug-likeness (QED) is 0.709. The summed E-state index contributed by atoms with van der Waals surface area (Å²) in [5, 5.41) is 14.6. The number of hydrogen-bond acceptors (Lipinski definition) is 4. The largest absolute Gasteiger partial charge is 0.490 e. The molecule has 0 unspecified atom stereocenters. The van der Waals surface area contributed by atoms with Crippen LogP contribution in [0, 0.1) is 0 Å². The number of carboxylic acids is 1. The summed E-state index contributed by atoms with van der Waals surface area (Å²) < 4.78 is 31.7. The molecule has 2 heterocycles. The average molecular weight is 234 g/mol. The van der Waals surface area contributed by atoms with E-state index in [1.165, 1.54) is 6.33 Å². The first-order valence-corrected chi connectivity index (χ1v) is 3.80. The van der Waals surface area contributed by atoms with Crippen molar-refractivity contribution in [2.24, 2.45) is 0 Å². The van der Waals surface area contributed by atoms with Crippen LogP contribution in [-0.2, 0) is 4.79 Å². The molecule has 6 nitrogen and oxygen atoms in total. The number of carbonyl (C=O) groups is 1. The van der Waals surface area contributed by atoms with Gasteiger partial charge < -0.3 is 5.11 Å². The molecule has 0 aliphatic heterocycles. The van der Waals surface area contributed by atoms with E-state index in [1.54, 1.807) is 12.4 Å². The van der Waals surface area contributed by atoms with Crippen LogP contribution in [0.2, 0.25) is 0 Å². The molecule has 0 atom stereocenters. The molecule has 16 heavy (non-hydrogen) atoms. The molecule has 0 aliphatic carbocycles. The number of nitrogens with zero attached hydrogens (tertiary/aromatic N) is 3. The van der Waals surface area contributed by atoms with E-state index in [2.05, 4.69) is 20.2 Å². The standard InChI is InChI=1S/C5H4N4.C2HF3O2/c1-4-2-8-9-5(4)7-3-6-1;3-2(4,5)1(6)7/h1-3H,(H,6,7,8,9);(H,6,7). The monoisotopic (exact) mass is 234 g/mol. The van der Waals surface area contributed by atoms with E-state index in [0.717, 1.165) is 11.0 Å². The molecule has 9 heteroatoms. The Morgan fingerprint density at radius 3 is 2.50 bits per heavy atom. The fourth-order valence-corrected chi connectivity index (χ4v) is 0.691. The van der Waals surface area contributed by atoms with Crippen LogP contribution in [-0.4, -0.2) is 37.4 Å². The molecule has 0 fully saturated rings. The van der Waals surface area contributed by atoms with E-state index < -0.39 is 12.1 Å². The SMILES string of the molecule is O=C(O)C(F)(F)F.c1ncc2cn[nH]c2n1. The van der Waals surface area contributed by atoms with Gasteiger partial charge in [-0.3, -0.25) is 5.10 Å². The van der Waals surface area contributed by atoms with Crippen LogP contribution in [0.4, 0.5) is 13.2 Å². The highest BCUT2D eigenvalue weighted by Crippen LogP contribution is 2.13. The molecule has 0 radical (unpaired) electrons. The molecule has 0 saturated carbocycles. The predicted molar refractivity (Wildman–Crippen MR) is 45.4 cm³/mol. The first kappa shape index (κ1) is 11.9. The Hall–Kier alpha value is -2.19.